The van der Waals surface area contributed by atoms with Crippen molar-refractivity contribution in [1.29, 1.82) is 0 Å². The molecular formula is C7H14O4S. The molecular weight excluding hydrogens is 180 g/mol. The fraction of sp³-hybridized carbons (Fsp3) is 0.857. The van der Waals surface area contributed by atoms with Gasteiger partial charge in [-0.15, -0.1) is 0 Å². The number of carbonyl (C=O) groups is 1. The summed E-state index contributed by atoms with van der Waals surface area (Å²) >= 11 is 0. The summed E-state index contributed by atoms with van der Waals surface area (Å²) in [5, 5.41) is 7.69. The standard InChI is InChI=1S/C7H14O4S/c1-5(11-3)4-12(10)6(2)7(8)9/h5-6H,4H2,1-3H3,(H,8,9). The molecule has 0 aromatic carbocycles. The molecule has 0 radical (unpaired) electrons. The highest BCUT2D eigenvalue weighted by Crippen LogP contribution is 2.00. The van der Waals surface area contributed by atoms with E-state index in [0.29, 0.717) is 0 Å². The average molecular weight is 194 g/mol. The van der Waals surface area contributed by atoms with Gasteiger partial charge in [-0.1, -0.05) is 0 Å². The van der Waals surface area contributed by atoms with Crippen molar-refractivity contribution >= 4 is 16.8 Å². The SMILES string of the molecule is COC(C)CS(=O)C(C)C(=O)O. The third kappa shape index (κ3) is 3.82. The molecule has 0 aliphatic rings. The van der Waals surface area contributed by atoms with Crippen molar-refractivity contribution in [2.24, 2.45) is 0 Å². The highest BCUT2D eigenvalue weighted by atomic mass is 32.2. The van der Waals surface area contributed by atoms with E-state index in [1.54, 1.807) is 6.92 Å². The minimum absolute atomic E-state index is 0.160. The zero-order valence-corrected chi connectivity index (χ0v) is 8.26. The Morgan fingerprint density at radius 3 is 2.42 bits per heavy atom. The molecule has 5 heteroatoms. The average Bonchev–Trinajstić information content (AvgIpc) is 2.02. The van der Waals surface area contributed by atoms with Crippen molar-refractivity contribution in [2.75, 3.05) is 12.9 Å². The Morgan fingerprint density at radius 1 is 1.58 bits per heavy atom. The van der Waals surface area contributed by atoms with E-state index in [2.05, 4.69) is 0 Å². The summed E-state index contributed by atoms with van der Waals surface area (Å²) in [6.45, 7) is 3.19. The van der Waals surface area contributed by atoms with Crippen molar-refractivity contribution in [2.45, 2.75) is 25.2 Å². The molecule has 0 saturated carbocycles. The van der Waals surface area contributed by atoms with Crippen LogP contribution in [0, 0.1) is 0 Å². The molecule has 0 aromatic heterocycles. The molecule has 1 N–H and O–H groups in total. The summed E-state index contributed by atoms with van der Waals surface area (Å²) in [6.07, 6.45) is -0.160. The van der Waals surface area contributed by atoms with Crippen LogP contribution in [-0.2, 0) is 20.3 Å². The maximum Gasteiger partial charge on any atom is 0.318 e. The number of hydrogen-bond donors (Lipinski definition) is 1. The summed E-state index contributed by atoms with van der Waals surface area (Å²) in [4.78, 5) is 10.4. The topological polar surface area (TPSA) is 63.6 Å². The molecule has 0 bridgehead atoms. The molecule has 12 heavy (non-hydrogen) atoms. The van der Waals surface area contributed by atoms with Gasteiger partial charge in [-0.3, -0.25) is 9.00 Å². The maximum atomic E-state index is 11.2. The van der Waals surface area contributed by atoms with Gasteiger partial charge < -0.3 is 9.84 Å². The lowest BCUT2D eigenvalue weighted by molar-refractivity contribution is -0.136. The molecule has 0 fully saturated rings. The second-order valence-corrected chi connectivity index (χ2v) is 4.38. The van der Waals surface area contributed by atoms with Gasteiger partial charge in [0.05, 0.1) is 11.9 Å². The van der Waals surface area contributed by atoms with Crippen LogP contribution in [0.4, 0.5) is 0 Å². The normalized spacial score (nSPS) is 18.2. The van der Waals surface area contributed by atoms with Crippen molar-refractivity contribution < 1.29 is 18.8 Å². The van der Waals surface area contributed by atoms with E-state index in [0.717, 1.165) is 0 Å². The van der Waals surface area contributed by atoms with Gasteiger partial charge in [-0.05, 0) is 13.8 Å². The van der Waals surface area contributed by atoms with E-state index < -0.39 is 22.0 Å². The summed E-state index contributed by atoms with van der Waals surface area (Å²) in [5.41, 5.74) is 0. The number of carboxylic acids is 1. The fourth-order valence-electron chi connectivity index (χ4n) is 0.556. The van der Waals surface area contributed by atoms with Gasteiger partial charge in [0.25, 0.3) is 0 Å². The fourth-order valence-corrected chi connectivity index (χ4v) is 1.67. The smallest absolute Gasteiger partial charge is 0.318 e. The lowest BCUT2D eigenvalue weighted by Crippen LogP contribution is -2.28. The molecule has 0 aliphatic heterocycles. The van der Waals surface area contributed by atoms with Crippen LogP contribution in [0.5, 0.6) is 0 Å². The first-order chi connectivity index (χ1) is 5.49. The van der Waals surface area contributed by atoms with Gasteiger partial charge in [0, 0.05) is 17.9 Å². The zero-order valence-electron chi connectivity index (χ0n) is 7.44. The van der Waals surface area contributed by atoms with Gasteiger partial charge in [-0.2, -0.15) is 0 Å². The summed E-state index contributed by atoms with van der Waals surface area (Å²) in [6, 6.07) is 0. The van der Waals surface area contributed by atoms with Gasteiger partial charge in [0.2, 0.25) is 0 Å². The van der Waals surface area contributed by atoms with E-state index in [1.807, 2.05) is 0 Å². The van der Waals surface area contributed by atoms with Gasteiger partial charge in [0.15, 0.2) is 0 Å². The Hall–Kier alpha value is -0.420. The molecule has 4 nitrogen and oxygen atoms in total. The first kappa shape index (κ1) is 11.6. The molecule has 3 atom stereocenters. The monoisotopic (exact) mass is 194 g/mol. The van der Waals surface area contributed by atoms with Crippen molar-refractivity contribution in [3.05, 3.63) is 0 Å². The lowest BCUT2D eigenvalue weighted by atomic mass is 10.5. The Balaban J connectivity index is 3.95. The van der Waals surface area contributed by atoms with Crippen LogP contribution in [0.1, 0.15) is 13.8 Å². The predicted octanol–water partition coefficient (Wildman–Crippen LogP) is 0.243. The zero-order chi connectivity index (χ0) is 9.72. The Bertz CT molecular complexity index is 180. The van der Waals surface area contributed by atoms with Crippen molar-refractivity contribution in [1.82, 2.24) is 0 Å². The number of methoxy groups -OCH3 is 1. The molecule has 0 amide bonds. The number of carboxylic acid groups (broad SMARTS) is 1. The van der Waals surface area contributed by atoms with Gasteiger partial charge >= 0.3 is 5.97 Å². The van der Waals surface area contributed by atoms with Gasteiger partial charge in [-0.25, -0.2) is 0 Å². The van der Waals surface area contributed by atoms with Crippen LogP contribution < -0.4 is 0 Å². The summed E-state index contributed by atoms with van der Waals surface area (Å²) < 4.78 is 16.1. The highest BCUT2D eigenvalue weighted by Gasteiger charge is 2.20. The first-order valence-corrected chi connectivity index (χ1v) is 5.00. The molecule has 0 spiro atoms. The summed E-state index contributed by atoms with van der Waals surface area (Å²) in [5.74, 6) is -0.763. The lowest BCUT2D eigenvalue weighted by Gasteiger charge is -2.10. The first-order valence-electron chi connectivity index (χ1n) is 3.61. The molecule has 0 aliphatic carbocycles. The minimum Gasteiger partial charge on any atom is -0.480 e. The summed E-state index contributed by atoms with van der Waals surface area (Å²) in [7, 11) is 0.158. The van der Waals surface area contributed by atoms with Crippen LogP contribution in [0.25, 0.3) is 0 Å². The molecule has 0 aromatic rings. The Kier molecular flexibility index (Phi) is 5.08. The maximum absolute atomic E-state index is 11.2. The second-order valence-electron chi connectivity index (χ2n) is 2.57. The van der Waals surface area contributed by atoms with Crippen LogP contribution in [0.15, 0.2) is 0 Å². The van der Waals surface area contributed by atoms with Crippen LogP contribution >= 0.6 is 0 Å². The number of aliphatic carboxylic acids is 1. The van der Waals surface area contributed by atoms with E-state index >= 15 is 0 Å². The molecule has 72 valence electrons. The third-order valence-electron chi connectivity index (χ3n) is 1.54. The van der Waals surface area contributed by atoms with E-state index in [4.69, 9.17) is 9.84 Å². The Labute approximate surface area is 74.4 Å². The number of rotatable bonds is 5. The second kappa shape index (κ2) is 5.27. The molecule has 0 rings (SSSR count). The van der Waals surface area contributed by atoms with E-state index in [9.17, 15) is 9.00 Å². The minimum atomic E-state index is -1.35. The largest absolute Gasteiger partial charge is 0.480 e. The van der Waals surface area contributed by atoms with Crippen molar-refractivity contribution in [3.63, 3.8) is 0 Å². The van der Waals surface area contributed by atoms with Crippen LogP contribution in [0.3, 0.4) is 0 Å². The van der Waals surface area contributed by atoms with E-state index in [-0.39, 0.29) is 11.9 Å². The van der Waals surface area contributed by atoms with Crippen molar-refractivity contribution in [3.8, 4) is 0 Å². The predicted molar refractivity (Wildman–Crippen MR) is 46.6 cm³/mol. The van der Waals surface area contributed by atoms with Gasteiger partial charge in [0.1, 0.15) is 5.25 Å². The number of ether oxygens (including phenoxy) is 1. The van der Waals surface area contributed by atoms with Crippen LogP contribution in [0.2, 0.25) is 0 Å². The molecule has 0 heterocycles. The number of hydrogen-bond acceptors (Lipinski definition) is 3. The third-order valence-corrected chi connectivity index (χ3v) is 3.33. The van der Waals surface area contributed by atoms with E-state index in [1.165, 1.54) is 14.0 Å². The Morgan fingerprint density at radius 2 is 2.08 bits per heavy atom. The molecule has 0 saturated heterocycles. The van der Waals surface area contributed by atoms with Crippen LogP contribution in [-0.4, -0.2) is 39.5 Å². The molecule has 3 unspecified atom stereocenters. The quantitative estimate of drug-likeness (QED) is 0.681. The highest BCUT2D eigenvalue weighted by molar-refractivity contribution is 7.86.